The van der Waals surface area contributed by atoms with Gasteiger partial charge in [0.25, 0.3) is 0 Å². The van der Waals surface area contributed by atoms with Crippen LogP contribution < -0.4 is 0 Å². The van der Waals surface area contributed by atoms with Crippen molar-refractivity contribution in [2.75, 3.05) is 5.88 Å². The van der Waals surface area contributed by atoms with Crippen molar-refractivity contribution in [2.45, 2.75) is 19.3 Å². The third-order valence-corrected chi connectivity index (χ3v) is 2.65. The van der Waals surface area contributed by atoms with Gasteiger partial charge >= 0.3 is 0 Å². The second-order valence-corrected chi connectivity index (χ2v) is 4.26. The first kappa shape index (κ1) is 13.2. The monoisotopic (exact) mass is 258 g/mol. The van der Waals surface area contributed by atoms with E-state index in [1.54, 1.807) is 24.3 Å². The SMILES string of the molecule is O=C(CCCCl)C(=O)Cc1ccc(Cl)cc1. The summed E-state index contributed by atoms with van der Waals surface area (Å²) in [5.74, 6) is -0.317. The van der Waals surface area contributed by atoms with E-state index in [2.05, 4.69) is 0 Å². The topological polar surface area (TPSA) is 34.1 Å². The second kappa shape index (κ2) is 6.66. The quantitative estimate of drug-likeness (QED) is 0.581. The number of carbonyl (C=O) groups is 2. The van der Waals surface area contributed by atoms with Gasteiger partial charge in [0.1, 0.15) is 0 Å². The maximum Gasteiger partial charge on any atom is 0.202 e. The van der Waals surface area contributed by atoms with Crippen molar-refractivity contribution in [1.29, 1.82) is 0 Å². The van der Waals surface area contributed by atoms with Crippen LogP contribution in [0, 0.1) is 0 Å². The molecule has 0 aliphatic heterocycles. The molecule has 0 heterocycles. The molecule has 2 nitrogen and oxygen atoms in total. The summed E-state index contributed by atoms with van der Waals surface area (Å²) in [6, 6.07) is 6.89. The number of hydrogen-bond acceptors (Lipinski definition) is 2. The molecule has 0 bridgehead atoms. The minimum atomic E-state index is -0.368. The van der Waals surface area contributed by atoms with Gasteiger partial charge in [0, 0.05) is 23.7 Å². The predicted molar refractivity (Wildman–Crippen MR) is 65.1 cm³/mol. The summed E-state index contributed by atoms with van der Waals surface area (Å²) in [6.07, 6.45) is 0.918. The van der Waals surface area contributed by atoms with Crippen LogP contribution in [0.3, 0.4) is 0 Å². The molecule has 1 aromatic rings. The van der Waals surface area contributed by atoms with Gasteiger partial charge in [-0.2, -0.15) is 0 Å². The van der Waals surface area contributed by atoms with Crippen molar-refractivity contribution >= 4 is 34.8 Å². The Morgan fingerprint density at radius 1 is 1.06 bits per heavy atom. The van der Waals surface area contributed by atoms with Gasteiger partial charge in [0.05, 0.1) is 0 Å². The van der Waals surface area contributed by atoms with E-state index in [1.807, 2.05) is 0 Å². The van der Waals surface area contributed by atoms with E-state index in [9.17, 15) is 9.59 Å². The van der Waals surface area contributed by atoms with E-state index >= 15 is 0 Å². The van der Waals surface area contributed by atoms with Gasteiger partial charge < -0.3 is 0 Å². The Bertz CT molecular complexity index is 371. The summed E-state index contributed by atoms with van der Waals surface area (Å²) in [7, 11) is 0. The van der Waals surface area contributed by atoms with E-state index in [-0.39, 0.29) is 24.4 Å². The zero-order valence-electron chi connectivity index (χ0n) is 8.71. The molecule has 1 aromatic carbocycles. The van der Waals surface area contributed by atoms with Crippen LogP contribution in [0.15, 0.2) is 24.3 Å². The van der Waals surface area contributed by atoms with Gasteiger partial charge in [-0.05, 0) is 24.1 Å². The van der Waals surface area contributed by atoms with Crippen LogP contribution in [-0.2, 0) is 16.0 Å². The lowest BCUT2D eigenvalue weighted by Crippen LogP contribution is -2.16. The number of hydrogen-bond donors (Lipinski definition) is 0. The fourth-order valence-corrected chi connectivity index (χ4v) is 1.51. The van der Waals surface area contributed by atoms with Crippen molar-refractivity contribution < 1.29 is 9.59 Å². The van der Waals surface area contributed by atoms with Gasteiger partial charge in [0.15, 0.2) is 5.78 Å². The molecule has 0 saturated heterocycles. The molecule has 86 valence electrons. The highest BCUT2D eigenvalue weighted by molar-refractivity contribution is 6.37. The highest BCUT2D eigenvalue weighted by Gasteiger charge is 2.13. The summed E-state index contributed by atoms with van der Waals surface area (Å²) in [4.78, 5) is 22.8. The molecule has 4 heteroatoms. The molecule has 0 aliphatic rings. The van der Waals surface area contributed by atoms with E-state index in [0.29, 0.717) is 17.3 Å². The number of ketones is 2. The Balaban J connectivity index is 2.51. The van der Waals surface area contributed by atoms with Crippen molar-refractivity contribution in [3.05, 3.63) is 34.9 Å². The van der Waals surface area contributed by atoms with Crippen molar-refractivity contribution in [1.82, 2.24) is 0 Å². The van der Waals surface area contributed by atoms with E-state index < -0.39 is 0 Å². The predicted octanol–water partition coefficient (Wildman–Crippen LogP) is 3.04. The lowest BCUT2D eigenvalue weighted by molar-refractivity contribution is -0.136. The molecule has 0 radical (unpaired) electrons. The molecule has 0 unspecified atom stereocenters. The van der Waals surface area contributed by atoms with Crippen molar-refractivity contribution in [3.63, 3.8) is 0 Å². The Morgan fingerprint density at radius 2 is 1.69 bits per heavy atom. The van der Waals surface area contributed by atoms with Crippen molar-refractivity contribution in [2.24, 2.45) is 0 Å². The molecule has 0 saturated carbocycles. The third kappa shape index (κ3) is 4.33. The number of alkyl halides is 1. The standard InChI is InChI=1S/C12H12Cl2O2/c13-7-1-2-11(15)12(16)8-9-3-5-10(14)6-4-9/h3-6H,1-2,7-8H2. The zero-order chi connectivity index (χ0) is 12.0. The molecule has 0 fully saturated rings. The minimum Gasteiger partial charge on any atom is -0.291 e. The molecule has 0 aliphatic carbocycles. The van der Waals surface area contributed by atoms with Gasteiger partial charge in [-0.25, -0.2) is 0 Å². The number of carbonyl (C=O) groups excluding carboxylic acids is 2. The van der Waals surface area contributed by atoms with Crippen LogP contribution in [0.2, 0.25) is 5.02 Å². The van der Waals surface area contributed by atoms with E-state index in [4.69, 9.17) is 23.2 Å². The first-order valence-corrected chi connectivity index (χ1v) is 5.91. The molecule has 0 aromatic heterocycles. The first-order valence-electron chi connectivity index (χ1n) is 5.00. The van der Waals surface area contributed by atoms with Crippen molar-refractivity contribution in [3.8, 4) is 0 Å². The smallest absolute Gasteiger partial charge is 0.202 e. The van der Waals surface area contributed by atoms with Crippen LogP contribution in [0.1, 0.15) is 18.4 Å². The Morgan fingerprint density at radius 3 is 2.25 bits per heavy atom. The van der Waals surface area contributed by atoms with Crippen LogP contribution in [0.5, 0.6) is 0 Å². The van der Waals surface area contributed by atoms with Gasteiger partial charge in [-0.3, -0.25) is 9.59 Å². The fraction of sp³-hybridized carbons (Fsp3) is 0.333. The first-order chi connectivity index (χ1) is 7.63. The average Bonchev–Trinajstić information content (AvgIpc) is 2.29. The number of rotatable bonds is 6. The number of benzene rings is 1. The highest BCUT2D eigenvalue weighted by Crippen LogP contribution is 2.10. The molecule has 0 atom stereocenters. The fourth-order valence-electron chi connectivity index (χ4n) is 1.25. The molecule has 0 amide bonds. The maximum absolute atomic E-state index is 11.5. The molecule has 0 spiro atoms. The van der Waals surface area contributed by atoms with Crippen LogP contribution in [0.4, 0.5) is 0 Å². The van der Waals surface area contributed by atoms with Gasteiger partial charge in [-0.1, -0.05) is 23.7 Å². The second-order valence-electron chi connectivity index (χ2n) is 3.44. The average molecular weight is 259 g/mol. The molecular weight excluding hydrogens is 247 g/mol. The van der Waals surface area contributed by atoms with E-state index in [0.717, 1.165) is 5.56 Å². The molecule has 0 N–H and O–H groups in total. The Kier molecular flexibility index (Phi) is 5.50. The largest absolute Gasteiger partial charge is 0.291 e. The summed E-state index contributed by atoms with van der Waals surface area (Å²) in [6.45, 7) is 0. The zero-order valence-corrected chi connectivity index (χ0v) is 10.2. The van der Waals surface area contributed by atoms with E-state index in [1.165, 1.54) is 0 Å². The van der Waals surface area contributed by atoms with Crippen LogP contribution in [0.25, 0.3) is 0 Å². The van der Waals surface area contributed by atoms with Crippen LogP contribution in [-0.4, -0.2) is 17.4 Å². The normalized spacial score (nSPS) is 10.1. The Labute approximate surface area is 105 Å². The summed E-state index contributed by atoms with van der Waals surface area (Å²) < 4.78 is 0. The maximum atomic E-state index is 11.5. The minimum absolute atomic E-state index is 0.137. The summed E-state index contributed by atoms with van der Waals surface area (Å²) in [5, 5.41) is 0.615. The van der Waals surface area contributed by atoms with Crippen LogP contribution >= 0.6 is 23.2 Å². The number of halogens is 2. The highest BCUT2D eigenvalue weighted by atomic mass is 35.5. The Hall–Kier alpha value is -0.860. The number of Topliss-reactive ketones (excluding diaryl/α,β-unsaturated/α-hetero) is 2. The van der Waals surface area contributed by atoms with Gasteiger partial charge in [-0.15, -0.1) is 11.6 Å². The summed E-state index contributed by atoms with van der Waals surface area (Å²) >= 11 is 11.2. The molecular formula is C12H12Cl2O2. The summed E-state index contributed by atoms with van der Waals surface area (Å²) in [5.41, 5.74) is 0.800. The lowest BCUT2D eigenvalue weighted by atomic mass is 10.0. The van der Waals surface area contributed by atoms with Gasteiger partial charge in [0.2, 0.25) is 5.78 Å². The lowest BCUT2D eigenvalue weighted by Gasteiger charge is -2.00. The molecule has 1 rings (SSSR count). The molecule has 16 heavy (non-hydrogen) atoms. The third-order valence-electron chi connectivity index (χ3n) is 2.13.